The first-order valence-electron chi connectivity index (χ1n) is 5.63. The second-order valence-corrected chi connectivity index (χ2v) is 4.29. The summed E-state index contributed by atoms with van der Waals surface area (Å²) in [6.45, 7) is -0.539. The zero-order chi connectivity index (χ0) is 15.6. The molecule has 9 heteroatoms. The van der Waals surface area contributed by atoms with Crippen LogP contribution in [0.1, 0.15) is 5.56 Å². The summed E-state index contributed by atoms with van der Waals surface area (Å²) in [4.78, 5) is 11.0. The van der Waals surface area contributed by atoms with Gasteiger partial charge in [-0.2, -0.15) is 5.10 Å². The summed E-state index contributed by atoms with van der Waals surface area (Å²) in [6.07, 6.45) is 1.28. The summed E-state index contributed by atoms with van der Waals surface area (Å²) in [5.41, 5.74) is -0.800. The summed E-state index contributed by atoms with van der Waals surface area (Å²) in [5, 5.41) is 6.09. The number of anilines is 1. The minimum atomic E-state index is -1.49. The Balaban J connectivity index is 2.25. The third kappa shape index (κ3) is 3.33. The van der Waals surface area contributed by atoms with Gasteiger partial charge in [-0.05, 0) is 0 Å². The summed E-state index contributed by atoms with van der Waals surface area (Å²) in [5.74, 6) is -6.68. The Morgan fingerprint density at radius 1 is 1.24 bits per heavy atom. The number of rotatable bonds is 4. The Morgan fingerprint density at radius 3 is 2.43 bits per heavy atom. The van der Waals surface area contributed by atoms with Crippen molar-refractivity contribution in [3.63, 3.8) is 0 Å². The second-order valence-electron chi connectivity index (χ2n) is 4.03. The first-order valence-corrected chi connectivity index (χ1v) is 6.17. The van der Waals surface area contributed by atoms with Crippen LogP contribution < -0.4 is 5.32 Å². The lowest BCUT2D eigenvalue weighted by molar-refractivity contribution is -0.113. The van der Waals surface area contributed by atoms with Crippen LogP contribution in [-0.4, -0.2) is 21.6 Å². The molecule has 0 unspecified atom stereocenters. The van der Waals surface area contributed by atoms with Crippen molar-refractivity contribution in [3.05, 3.63) is 47.2 Å². The molecular weight excluding hydrogens is 314 g/mol. The van der Waals surface area contributed by atoms with E-state index in [9.17, 15) is 22.4 Å². The molecule has 4 nitrogen and oxygen atoms in total. The van der Waals surface area contributed by atoms with E-state index in [-0.39, 0.29) is 17.8 Å². The van der Waals surface area contributed by atoms with Crippen molar-refractivity contribution in [2.45, 2.75) is 6.54 Å². The molecular formula is C12H8ClF4N3O. The molecule has 1 N–H and O–H groups in total. The number of alkyl halides is 1. The van der Waals surface area contributed by atoms with Gasteiger partial charge < -0.3 is 5.32 Å². The van der Waals surface area contributed by atoms with E-state index in [1.807, 2.05) is 0 Å². The van der Waals surface area contributed by atoms with Crippen LogP contribution in [0.4, 0.5) is 23.4 Å². The molecule has 0 radical (unpaired) electrons. The van der Waals surface area contributed by atoms with Crippen LogP contribution in [-0.2, 0) is 11.3 Å². The highest BCUT2D eigenvalue weighted by atomic mass is 35.5. The molecule has 0 aliphatic carbocycles. The van der Waals surface area contributed by atoms with Crippen LogP contribution in [0.15, 0.2) is 18.3 Å². The molecule has 0 bridgehead atoms. The number of hydrogen-bond acceptors (Lipinski definition) is 2. The van der Waals surface area contributed by atoms with Crippen molar-refractivity contribution in [3.8, 4) is 0 Å². The van der Waals surface area contributed by atoms with Crippen molar-refractivity contribution in [2.75, 3.05) is 11.2 Å². The smallest absolute Gasteiger partial charge is 0.240 e. The number of hydrogen-bond donors (Lipinski definition) is 1. The first-order chi connectivity index (χ1) is 9.92. The van der Waals surface area contributed by atoms with Crippen molar-refractivity contribution >= 4 is 23.3 Å². The van der Waals surface area contributed by atoms with E-state index in [2.05, 4.69) is 10.4 Å². The Labute approximate surface area is 121 Å². The topological polar surface area (TPSA) is 46.9 Å². The molecule has 2 rings (SSSR count). The largest absolute Gasteiger partial charge is 0.308 e. The van der Waals surface area contributed by atoms with Gasteiger partial charge in [0.25, 0.3) is 0 Å². The first kappa shape index (κ1) is 15.3. The van der Waals surface area contributed by atoms with Gasteiger partial charge in [0, 0.05) is 18.3 Å². The molecule has 0 atom stereocenters. The van der Waals surface area contributed by atoms with E-state index in [0.29, 0.717) is 0 Å². The summed E-state index contributed by atoms with van der Waals surface area (Å²) >= 11 is 5.29. The van der Waals surface area contributed by atoms with E-state index >= 15 is 0 Å². The fraction of sp³-hybridized carbons (Fsp3) is 0.167. The summed E-state index contributed by atoms with van der Waals surface area (Å²) < 4.78 is 54.1. The monoisotopic (exact) mass is 321 g/mol. The van der Waals surface area contributed by atoms with Gasteiger partial charge in [-0.1, -0.05) is 0 Å². The highest BCUT2D eigenvalue weighted by molar-refractivity contribution is 6.28. The third-order valence-corrected chi connectivity index (χ3v) is 2.80. The number of carbonyl (C=O) groups is 1. The van der Waals surface area contributed by atoms with Crippen LogP contribution >= 0.6 is 11.6 Å². The lowest BCUT2D eigenvalue weighted by Gasteiger charge is -2.07. The van der Waals surface area contributed by atoms with Gasteiger partial charge in [-0.15, -0.1) is 11.6 Å². The van der Waals surface area contributed by atoms with Crippen molar-refractivity contribution in [1.29, 1.82) is 0 Å². The van der Waals surface area contributed by atoms with Gasteiger partial charge in [0.2, 0.25) is 5.91 Å². The predicted octanol–water partition coefficient (Wildman–Crippen LogP) is 2.67. The zero-order valence-electron chi connectivity index (χ0n) is 10.3. The Morgan fingerprint density at radius 2 is 1.86 bits per heavy atom. The third-order valence-electron chi connectivity index (χ3n) is 2.55. The van der Waals surface area contributed by atoms with E-state index in [1.165, 1.54) is 12.3 Å². The average Bonchev–Trinajstić information content (AvgIpc) is 2.88. The van der Waals surface area contributed by atoms with Crippen LogP contribution in [0.25, 0.3) is 0 Å². The van der Waals surface area contributed by atoms with Gasteiger partial charge in [0.15, 0.2) is 29.1 Å². The molecule has 0 fully saturated rings. The average molecular weight is 322 g/mol. The van der Waals surface area contributed by atoms with E-state index in [0.717, 1.165) is 4.68 Å². The molecule has 0 aliphatic heterocycles. The molecule has 0 spiro atoms. The fourth-order valence-electron chi connectivity index (χ4n) is 1.62. The van der Waals surface area contributed by atoms with Gasteiger partial charge in [0.1, 0.15) is 5.88 Å². The Bertz CT molecular complexity index is 663. The van der Waals surface area contributed by atoms with Crippen molar-refractivity contribution in [2.24, 2.45) is 0 Å². The van der Waals surface area contributed by atoms with Gasteiger partial charge in [0.05, 0.1) is 12.1 Å². The lowest BCUT2D eigenvalue weighted by atomic mass is 10.2. The number of benzene rings is 1. The predicted molar refractivity (Wildman–Crippen MR) is 67.0 cm³/mol. The minimum Gasteiger partial charge on any atom is -0.308 e. The fourth-order valence-corrected chi connectivity index (χ4v) is 1.68. The number of carbonyl (C=O) groups excluding carboxylic acids is 1. The van der Waals surface area contributed by atoms with E-state index in [1.54, 1.807) is 0 Å². The molecule has 0 saturated heterocycles. The maximum absolute atomic E-state index is 13.5. The molecule has 0 saturated carbocycles. The van der Waals surface area contributed by atoms with E-state index < -0.39 is 41.3 Å². The summed E-state index contributed by atoms with van der Waals surface area (Å²) in [6, 6.07) is 1.47. The minimum absolute atomic E-state index is 0.0957. The maximum atomic E-state index is 13.5. The molecule has 1 aromatic carbocycles. The highest BCUT2D eigenvalue weighted by Crippen LogP contribution is 2.20. The van der Waals surface area contributed by atoms with Crippen LogP contribution in [0.3, 0.4) is 0 Å². The standard InChI is InChI=1S/C12H8ClF4N3O/c13-4-10(21)18-9-1-2-20(19-9)5-6-11(16)7(14)3-8(15)12(6)17/h1-3H,4-5H2,(H,18,19,21). The SMILES string of the molecule is O=C(CCl)Nc1ccn(Cc2c(F)c(F)cc(F)c2F)n1. The maximum Gasteiger partial charge on any atom is 0.240 e. The van der Waals surface area contributed by atoms with Crippen molar-refractivity contribution in [1.82, 2.24) is 9.78 Å². The van der Waals surface area contributed by atoms with Crippen molar-refractivity contribution < 1.29 is 22.4 Å². The normalized spacial score (nSPS) is 10.7. The lowest BCUT2D eigenvalue weighted by Crippen LogP contribution is -2.14. The zero-order valence-corrected chi connectivity index (χ0v) is 11.1. The molecule has 112 valence electrons. The molecule has 2 aromatic rings. The quantitative estimate of drug-likeness (QED) is 0.534. The number of nitrogens with zero attached hydrogens (tertiary/aromatic N) is 2. The van der Waals surface area contributed by atoms with E-state index in [4.69, 9.17) is 11.6 Å². The second kappa shape index (κ2) is 6.13. The van der Waals surface area contributed by atoms with Crippen LogP contribution in [0.5, 0.6) is 0 Å². The number of nitrogens with one attached hydrogen (secondary N) is 1. The van der Waals surface area contributed by atoms with Gasteiger partial charge >= 0.3 is 0 Å². The molecule has 21 heavy (non-hydrogen) atoms. The number of aromatic nitrogens is 2. The molecule has 1 heterocycles. The van der Waals surface area contributed by atoms with Crippen LogP contribution in [0.2, 0.25) is 0 Å². The van der Waals surface area contributed by atoms with Crippen LogP contribution in [0, 0.1) is 23.3 Å². The molecule has 1 aromatic heterocycles. The highest BCUT2D eigenvalue weighted by Gasteiger charge is 2.19. The summed E-state index contributed by atoms with van der Waals surface area (Å²) in [7, 11) is 0. The van der Waals surface area contributed by atoms with Gasteiger partial charge in [-0.3, -0.25) is 9.48 Å². The molecule has 0 aliphatic rings. The van der Waals surface area contributed by atoms with Gasteiger partial charge in [-0.25, -0.2) is 17.6 Å². The Hall–Kier alpha value is -2.09. The Kier molecular flexibility index (Phi) is 4.46. The molecule has 1 amide bonds. The number of amides is 1. The number of halogens is 5.